The Morgan fingerprint density at radius 2 is 1.59 bits per heavy atom. The number of para-hydroxylation sites is 1. The summed E-state index contributed by atoms with van der Waals surface area (Å²) in [5.41, 5.74) is 3.02. The molecule has 2 heterocycles. The normalized spacial score (nSPS) is 22.6. The summed E-state index contributed by atoms with van der Waals surface area (Å²) in [5, 5.41) is 0. The van der Waals surface area contributed by atoms with Crippen LogP contribution in [-0.2, 0) is 19.1 Å². The Morgan fingerprint density at radius 1 is 0.963 bits per heavy atom. The maximum atomic E-state index is 13.4. The molecule has 0 spiro atoms. The van der Waals surface area contributed by atoms with Crippen LogP contribution in [0, 0.1) is 5.92 Å². The summed E-state index contributed by atoms with van der Waals surface area (Å²) in [7, 11) is 0. The van der Waals surface area contributed by atoms with Crippen LogP contribution in [0.25, 0.3) is 5.70 Å². The number of hydrogen-bond donors (Lipinski definition) is 0. The number of fused-ring (bicyclic) bond motifs is 1. The minimum absolute atomic E-state index is 0.347. The zero-order valence-corrected chi connectivity index (χ0v) is 14.9. The van der Waals surface area contributed by atoms with E-state index in [1.54, 1.807) is 4.90 Å². The molecule has 0 N–H and O–H groups in total. The van der Waals surface area contributed by atoms with Crippen LogP contribution < -0.4 is 4.90 Å². The Hall–Kier alpha value is -3.21. The highest BCUT2D eigenvalue weighted by atomic mass is 16.5. The topological polar surface area (TPSA) is 63.7 Å². The molecule has 2 aliphatic rings. The molecule has 0 unspecified atom stereocenters. The van der Waals surface area contributed by atoms with Crippen molar-refractivity contribution in [1.29, 1.82) is 0 Å². The van der Waals surface area contributed by atoms with Crippen molar-refractivity contribution >= 4 is 29.0 Å². The van der Waals surface area contributed by atoms with E-state index in [1.807, 2.05) is 67.6 Å². The van der Waals surface area contributed by atoms with Crippen molar-refractivity contribution in [3.05, 3.63) is 71.8 Å². The first-order chi connectivity index (χ1) is 13.1. The number of carbonyl (C=O) groups excluding carboxylic acids is 3. The summed E-state index contributed by atoms with van der Waals surface area (Å²) in [6.07, 6.45) is -0.623. The molecule has 4 rings (SSSR count). The second-order valence-electron chi connectivity index (χ2n) is 6.63. The molecule has 2 atom stereocenters. The van der Waals surface area contributed by atoms with Gasteiger partial charge in [0, 0.05) is 5.69 Å². The first-order valence-electron chi connectivity index (χ1n) is 9.01. The van der Waals surface area contributed by atoms with Gasteiger partial charge in [-0.3, -0.25) is 19.3 Å². The molecular weight excluding hydrogens is 342 g/mol. The van der Waals surface area contributed by atoms with Gasteiger partial charge in [0.1, 0.15) is 18.4 Å². The van der Waals surface area contributed by atoms with Crippen LogP contribution in [0.3, 0.4) is 0 Å². The molecular formula is C22H19NO4. The molecule has 1 fully saturated rings. The number of benzene rings is 2. The maximum Gasteiger partial charge on any atom is 0.313 e. The quantitative estimate of drug-likeness (QED) is 0.621. The van der Waals surface area contributed by atoms with E-state index >= 15 is 0 Å². The molecule has 0 saturated carbocycles. The fourth-order valence-corrected chi connectivity index (χ4v) is 3.85. The van der Waals surface area contributed by atoms with Gasteiger partial charge in [0.2, 0.25) is 5.91 Å². The summed E-state index contributed by atoms with van der Waals surface area (Å²) in [5.74, 6) is -2.27. The second-order valence-corrected chi connectivity index (χ2v) is 6.63. The number of Topliss-reactive ketones (excluding diaryl/α,β-unsaturated/α-hetero) is 1. The van der Waals surface area contributed by atoms with Gasteiger partial charge in [0.15, 0.2) is 5.78 Å². The molecule has 2 aromatic rings. The zero-order chi connectivity index (χ0) is 19.0. The molecule has 0 aliphatic carbocycles. The van der Waals surface area contributed by atoms with Gasteiger partial charge in [0.25, 0.3) is 0 Å². The SMILES string of the molecule is CCC1=C(c2ccccc2)N(c2ccccc2)C(=O)[C@H]2C(=O)CC(=O)O[C@H]12. The highest BCUT2D eigenvalue weighted by Crippen LogP contribution is 2.42. The summed E-state index contributed by atoms with van der Waals surface area (Å²) in [4.78, 5) is 39.5. The van der Waals surface area contributed by atoms with Gasteiger partial charge >= 0.3 is 5.97 Å². The van der Waals surface area contributed by atoms with Gasteiger partial charge in [0.05, 0.1) is 5.70 Å². The van der Waals surface area contributed by atoms with Crippen LogP contribution in [0.15, 0.2) is 66.2 Å². The molecule has 27 heavy (non-hydrogen) atoms. The van der Waals surface area contributed by atoms with Gasteiger partial charge in [-0.05, 0) is 29.7 Å². The summed E-state index contributed by atoms with van der Waals surface area (Å²) >= 11 is 0. The highest BCUT2D eigenvalue weighted by molar-refractivity contribution is 6.20. The van der Waals surface area contributed by atoms with Crippen molar-refractivity contribution in [3.8, 4) is 0 Å². The maximum absolute atomic E-state index is 13.4. The number of nitrogens with zero attached hydrogens (tertiary/aromatic N) is 1. The van der Waals surface area contributed by atoms with E-state index in [1.165, 1.54) is 0 Å². The smallest absolute Gasteiger partial charge is 0.313 e. The molecule has 1 saturated heterocycles. The van der Waals surface area contributed by atoms with Crippen LogP contribution in [0.5, 0.6) is 0 Å². The number of ketones is 1. The average Bonchev–Trinajstić information content (AvgIpc) is 2.68. The van der Waals surface area contributed by atoms with E-state index in [-0.39, 0.29) is 18.1 Å². The second kappa shape index (κ2) is 6.83. The third-order valence-electron chi connectivity index (χ3n) is 5.03. The Labute approximate surface area is 157 Å². The molecule has 5 heteroatoms. The largest absolute Gasteiger partial charge is 0.456 e. The number of ether oxygens (including phenoxy) is 1. The van der Waals surface area contributed by atoms with Crippen molar-refractivity contribution in [2.45, 2.75) is 25.9 Å². The molecule has 1 amide bonds. The zero-order valence-electron chi connectivity index (χ0n) is 14.9. The van der Waals surface area contributed by atoms with Crippen molar-refractivity contribution in [1.82, 2.24) is 0 Å². The number of hydrogen-bond acceptors (Lipinski definition) is 4. The van der Waals surface area contributed by atoms with Crippen LogP contribution in [0.4, 0.5) is 5.69 Å². The predicted octanol–water partition coefficient (Wildman–Crippen LogP) is 3.36. The van der Waals surface area contributed by atoms with Crippen LogP contribution in [0.1, 0.15) is 25.3 Å². The van der Waals surface area contributed by atoms with Crippen LogP contribution >= 0.6 is 0 Å². The molecule has 0 aromatic heterocycles. The Bertz CT molecular complexity index is 933. The standard InChI is InChI=1S/C22H19NO4/c1-2-16-20(14-9-5-3-6-10-14)23(15-11-7-4-8-12-15)22(26)19-17(24)13-18(25)27-21(16)19/h3-12,19,21H,2,13H2,1H3/t19-,21+/m0/s1. The van der Waals surface area contributed by atoms with Gasteiger partial charge in [-0.15, -0.1) is 0 Å². The molecule has 0 bridgehead atoms. The minimum atomic E-state index is -0.981. The fraction of sp³-hybridized carbons (Fsp3) is 0.227. The van der Waals surface area contributed by atoms with Gasteiger partial charge in [-0.25, -0.2) is 0 Å². The molecule has 0 radical (unpaired) electrons. The molecule has 2 aromatic carbocycles. The Kier molecular flexibility index (Phi) is 4.36. The Balaban J connectivity index is 1.98. The highest BCUT2D eigenvalue weighted by Gasteiger charge is 2.50. The van der Waals surface area contributed by atoms with E-state index in [0.717, 1.165) is 11.1 Å². The third kappa shape index (κ3) is 2.85. The van der Waals surface area contributed by atoms with E-state index in [2.05, 4.69) is 0 Å². The number of anilines is 1. The van der Waals surface area contributed by atoms with Crippen molar-refractivity contribution < 1.29 is 19.1 Å². The third-order valence-corrected chi connectivity index (χ3v) is 5.03. The summed E-state index contributed by atoms with van der Waals surface area (Å²) in [6, 6.07) is 18.8. The average molecular weight is 361 g/mol. The monoisotopic (exact) mass is 361 g/mol. The predicted molar refractivity (Wildman–Crippen MR) is 101 cm³/mol. The van der Waals surface area contributed by atoms with E-state index in [0.29, 0.717) is 17.8 Å². The van der Waals surface area contributed by atoms with Crippen molar-refractivity contribution in [2.75, 3.05) is 4.90 Å². The first-order valence-corrected chi connectivity index (χ1v) is 9.01. The summed E-state index contributed by atoms with van der Waals surface area (Å²) in [6.45, 7) is 1.95. The number of amides is 1. The van der Waals surface area contributed by atoms with Crippen LogP contribution in [0.2, 0.25) is 0 Å². The first kappa shape index (κ1) is 17.2. The molecule has 2 aliphatic heterocycles. The van der Waals surface area contributed by atoms with E-state index in [4.69, 9.17) is 4.74 Å². The van der Waals surface area contributed by atoms with E-state index in [9.17, 15) is 14.4 Å². The lowest BCUT2D eigenvalue weighted by atomic mass is 9.80. The number of esters is 1. The molecule has 136 valence electrons. The minimum Gasteiger partial charge on any atom is -0.456 e. The fourth-order valence-electron chi connectivity index (χ4n) is 3.85. The lowest BCUT2D eigenvalue weighted by Crippen LogP contribution is -2.54. The lowest BCUT2D eigenvalue weighted by Gasteiger charge is -2.41. The van der Waals surface area contributed by atoms with Crippen LogP contribution in [-0.4, -0.2) is 23.8 Å². The number of rotatable bonds is 3. The van der Waals surface area contributed by atoms with Crippen molar-refractivity contribution in [3.63, 3.8) is 0 Å². The molecule has 5 nitrogen and oxygen atoms in total. The van der Waals surface area contributed by atoms with Gasteiger partial charge in [-0.2, -0.15) is 0 Å². The summed E-state index contributed by atoms with van der Waals surface area (Å²) < 4.78 is 5.51. The van der Waals surface area contributed by atoms with Crippen molar-refractivity contribution in [2.24, 2.45) is 5.92 Å². The van der Waals surface area contributed by atoms with Gasteiger partial charge in [-0.1, -0.05) is 55.5 Å². The lowest BCUT2D eigenvalue weighted by molar-refractivity contribution is -0.162. The van der Waals surface area contributed by atoms with E-state index < -0.39 is 18.0 Å². The Morgan fingerprint density at radius 3 is 2.22 bits per heavy atom. The van der Waals surface area contributed by atoms with Gasteiger partial charge < -0.3 is 4.74 Å². The number of carbonyl (C=O) groups is 3.